The van der Waals surface area contributed by atoms with Gasteiger partial charge in [-0.05, 0) is 30.7 Å². The van der Waals surface area contributed by atoms with Gasteiger partial charge < -0.3 is 19.5 Å². The third-order valence-corrected chi connectivity index (χ3v) is 4.34. The highest BCUT2D eigenvalue weighted by molar-refractivity contribution is 7.00. The lowest BCUT2D eigenvalue weighted by Gasteiger charge is -2.14. The molecule has 1 aromatic heterocycles. The molecule has 2 aromatic carbocycles. The van der Waals surface area contributed by atoms with Crippen molar-refractivity contribution in [2.45, 2.75) is 6.92 Å². The van der Waals surface area contributed by atoms with E-state index in [4.69, 9.17) is 14.2 Å². The Morgan fingerprint density at radius 2 is 1.72 bits per heavy atom. The number of aromatic nitrogens is 2. The van der Waals surface area contributed by atoms with Crippen molar-refractivity contribution in [3.63, 3.8) is 0 Å². The number of rotatable bonds is 5. The molecule has 8 heteroatoms. The van der Waals surface area contributed by atoms with E-state index in [1.807, 2.05) is 19.1 Å². The molecule has 0 aliphatic heterocycles. The monoisotopic (exact) mass is 359 g/mol. The number of carbonyl (C=O) groups is 1. The van der Waals surface area contributed by atoms with Crippen LogP contribution in [0.15, 0.2) is 24.3 Å². The van der Waals surface area contributed by atoms with Crippen LogP contribution in [0, 0.1) is 6.92 Å². The predicted molar refractivity (Wildman–Crippen MR) is 96.2 cm³/mol. The third kappa shape index (κ3) is 3.08. The van der Waals surface area contributed by atoms with E-state index in [1.54, 1.807) is 12.1 Å². The van der Waals surface area contributed by atoms with E-state index in [-0.39, 0.29) is 5.91 Å². The smallest absolute Gasteiger partial charge is 0.256 e. The maximum Gasteiger partial charge on any atom is 0.256 e. The highest BCUT2D eigenvalue weighted by Crippen LogP contribution is 2.38. The Hall–Kier alpha value is -2.87. The lowest BCUT2D eigenvalue weighted by Crippen LogP contribution is -2.14. The molecule has 1 amide bonds. The summed E-state index contributed by atoms with van der Waals surface area (Å²) >= 11 is 1.11. The van der Waals surface area contributed by atoms with Gasteiger partial charge in [0.1, 0.15) is 11.0 Å². The number of aryl methyl sites for hydroxylation is 1. The molecule has 0 fully saturated rings. The Morgan fingerprint density at radius 1 is 1.04 bits per heavy atom. The van der Waals surface area contributed by atoms with Gasteiger partial charge in [-0.25, -0.2) is 0 Å². The second-order valence-electron chi connectivity index (χ2n) is 5.26. The van der Waals surface area contributed by atoms with Gasteiger partial charge in [-0.15, -0.1) is 0 Å². The number of nitrogens with zero attached hydrogens (tertiary/aromatic N) is 2. The van der Waals surface area contributed by atoms with Gasteiger partial charge in [-0.2, -0.15) is 8.75 Å². The number of hydrogen-bond acceptors (Lipinski definition) is 7. The fourth-order valence-electron chi connectivity index (χ4n) is 2.51. The third-order valence-electron chi connectivity index (χ3n) is 3.80. The normalized spacial score (nSPS) is 10.6. The van der Waals surface area contributed by atoms with Crippen molar-refractivity contribution in [1.29, 1.82) is 0 Å². The van der Waals surface area contributed by atoms with E-state index in [0.717, 1.165) is 22.8 Å². The molecule has 0 bridgehead atoms. The molecule has 130 valence electrons. The van der Waals surface area contributed by atoms with Gasteiger partial charge in [0.25, 0.3) is 5.91 Å². The maximum atomic E-state index is 12.8. The molecule has 0 unspecified atom stereocenters. The van der Waals surface area contributed by atoms with E-state index in [1.165, 1.54) is 21.3 Å². The number of nitrogens with one attached hydrogen (secondary N) is 1. The number of amides is 1. The lowest BCUT2D eigenvalue weighted by atomic mass is 10.1. The van der Waals surface area contributed by atoms with E-state index in [9.17, 15) is 4.79 Å². The first-order valence-electron chi connectivity index (χ1n) is 7.42. The first-order valence-corrected chi connectivity index (χ1v) is 8.15. The van der Waals surface area contributed by atoms with Gasteiger partial charge >= 0.3 is 0 Å². The van der Waals surface area contributed by atoms with Crippen molar-refractivity contribution < 1.29 is 19.0 Å². The number of anilines is 1. The largest absolute Gasteiger partial charge is 0.493 e. The molecular weight excluding hydrogens is 342 g/mol. The van der Waals surface area contributed by atoms with Gasteiger partial charge in [0.15, 0.2) is 11.5 Å². The zero-order valence-electron chi connectivity index (χ0n) is 14.2. The van der Waals surface area contributed by atoms with Crippen molar-refractivity contribution in [2.75, 3.05) is 26.6 Å². The van der Waals surface area contributed by atoms with Gasteiger partial charge in [-0.1, -0.05) is 6.07 Å². The first-order chi connectivity index (χ1) is 12.1. The zero-order chi connectivity index (χ0) is 18.0. The topological polar surface area (TPSA) is 82.6 Å². The minimum atomic E-state index is -0.303. The second kappa shape index (κ2) is 6.94. The van der Waals surface area contributed by atoms with Crippen molar-refractivity contribution in [1.82, 2.24) is 8.75 Å². The quantitative estimate of drug-likeness (QED) is 0.753. The summed E-state index contributed by atoms with van der Waals surface area (Å²) in [6.45, 7) is 1.91. The Bertz CT molecular complexity index is 914. The summed E-state index contributed by atoms with van der Waals surface area (Å²) in [4.78, 5) is 12.8. The summed E-state index contributed by atoms with van der Waals surface area (Å²) in [6.07, 6.45) is 0. The van der Waals surface area contributed by atoms with E-state index in [0.29, 0.717) is 34.0 Å². The number of benzene rings is 2. The Morgan fingerprint density at radius 3 is 2.32 bits per heavy atom. The minimum Gasteiger partial charge on any atom is -0.493 e. The lowest BCUT2D eigenvalue weighted by molar-refractivity contribution is 0.102. The summed E-state index contributed by atoms with van der Waals surface area (Å²) in [5.74, 6) is 0.959. The van der Waals surface area contributed by atoms with Crippen LogP contribution in [0.25, 0.3) is 11.0 Å². The average molecular weight is 359 g/mol. The van der Waals surface area contributed by atoms with Crippen LogP contribution >= 0.6 is 11.7 Å². The standard InChI is InChI=1S/C17H17N3O4S/c1-9-5-6-11-15(20-25-19-11)14(9)18-17(21)10-7-12(22-2)16(24-4)13(8-10)23-3/h5-8H,1-4H3,(H,18,21). The molecule has 0 saturated heterocycles. The SMILES string of the molecule is COc1cc(C(=O)Nc2c(C)ccc3nsnc23)cc(OC)c1OC. The Kier molecular flexibility index (Phi) is 4.71. The number of hydrogen-bond donors (Lipinski definition) is 1. The van der Waals surface area contributed by atoms with Gasteiger partial charge in [0, 0.05) is 5.56 Å². The van der Waals surface area contributed by atoms with Crippen molar-refractivity contribution in [2.24, 2.45) is 0 Å². The Labute approximate surface area is 148 Å². The van der Waals surface area contributed by atoms with Gasteiger partial charge in [0.2, 0.25) is 5.75 Å². The molecular formula is C17H17N3O4S. The van der Waals surface area contributed by atoms with Crippen LogP contribution in [0.1, 0.15) is 15.9 Å². The minimum absolute atomic E-state index is 0.303. The maximum absolute atomic E-state index is 12.8. The molecule has 1 heterocycles. The number of fused-ring (bicyclic) bond motifs is 1. The highest BCUT2D eigenvalue weighted by atomic mass is 32.1. The van der Waals surface area contributed by atoms with E-state index >= 15 is 0 Å². The molecule has 0 aliphatic rings. The number of methoxy groups -OCH3 is 3. The van der Waals surface area contributed by atoms with Crippen LogP contribution in [0.2, 0.25) is 0 Å². The second-order valence-corrected chi connectivity index (χ2v) is 5.79. The van der Waals surface area contributed by atoms with Gasteiger partial charge in [-0.3, -0.25) is 4.79 Å². The van der Waals surface area contributed by atoms with E-state index in [2.05, 4.69) is 14.1 Å². The van der Waals surface area contributed by atoms with E-state index < -0.39 is 0 Å². The van der Waals surface area contributed by atoms with Crippen LogP contribution < -0.4 is 19.5 Å². The summed E-state index contributed by atoms with van der Waals surface area (Å²) in [5, 5.41) is 2.91. The first kappa shape index (κ1) is 17.0. The Balaban J connectivity index is 2.01. The molecule has 0 radical (unpaired) electrons. The molecule has 3 aromatic rings. The van der Waals surface area contributed by atoms with Crippen LogP contribution in [-0.4, -0.2) is 36.0 Å². The summed E-state index contributed by atoms with van der Waals surface area (Å²) in [7, 11) is 4.52. The summed E-state index contributed by atoms with van der Waals surface area (Å²) in [6, 6.07) is 6.98. The fourth-order valence-corrected chi connectivity index (χ4v) is 3.05. The van der Waals surface area contributed by atoms with Crippen LogP contribution in [0.4, 0.5) is 5.69 Å². The van der Waals surface area contributed by atoms with Crippen LogP contribution in [0.3, 0.4) is 0 Å². The van der Waals surface area contributed by atoms with Gasteiger partial charge in [0.05, 0.1) is 38.7 Å². The average Bonchev–Trinajstić information content (AvgIpc) is 3.11. The zero-order valence-corrected chi connectivity index (χ0v) is 15.1. The number of ether oxygens (including phenoxy) is 3. The molecule has 0 atom stereocenters. The molecule has 0 spiro atoms. The van der Waals surface area contributed by atoms with Crippen molar-refractivity contribution in [3.05, 3.63) is 35.4 Å². The molecule has 0 saturated carbocycles. The van der Waals surface area contributed by atoms with Crippen LogP contribution in [0.5, 0.6) is 17.2 Å². The van der Waals surface area contributed by atoms with Crippen molar-refractivity contribution in [3.8, 4) is 17.2 Å². The molecule has 7 nitrogen and oxygen atoms in total. The molecule has 0 aliphatic carbocycles. The summed E-state index contributed by atoms with van der Waals surface area (Å²) < 4.78 is 24.3. The predicted octanol–water partition coefficient (Wildman–Crippen LogP) is 3.28. The highest BCUT2D eigenvalue weighted by Gasteiger charge is 2.19. The van der Waals surface area contributed by atoms with Crippen LogP contribution in [-0.2, 0) is 0 Å². The van der Waals surface area contributed by atoms with Crippen molar-refractivity contribution >= 4 is 34.4 Å². The summed E-state index contributed by atoms with van der Waals surface area (Å²) in [5.41, 5.74) is 3.35. The fraction of sp³-hybridized carbons (Fsp3) is 0.235. The molecule has 3 rings (SSSR count). The molecule has 1 N–H and O–H groups in total. The molecule has 25 heavy (non-hydrogen) atoms. The number of carbonyl (C=O) groups excluding carboxylic acids is 1.